The topological polar surface area (TPSA) is 52.0 Å². The van der Waals surface area contributed by atoms with Crippen molar-refractivity contribution < 1.29 is 0 Å². The molecule has 2 nitrogen and oxygen atoms in total. The molecule has 0 amide bonds. The summed E-state index contributed by atoms with van der Waals surface area (Å²) in [6.07, 6.45) is 0. The third-order valence-electron chi connectivity index (χ3n) is 4.14. The molecule has 3 rings (SSSR count). The first-order chi connectivity index (χ1) is 11.1. The summed E-state index contributed by atoms with van der Waals surface area (Å²) in [5.74, 6) is 0.441. The predicted octanol–water partition coefficient (Wildman–Crippen LogP) is 5.31. The molecular weight excluding hydrogens is 280 g/mol. The van der Waals surface area contributed by atoms with Gasteiger partial charge in [-0.05, 0) is 58.0 Å². The molecule has 0 heterocycles. The molecule has 116 valence electrons. The first kappa shape index (κ1) is 15.2. The minimum absolute atomic E-state index is 0.441. The van der Waals surface area contributed by atoms with E-state index in [-0.39, 0.29) is 0 Å². The average Bonchev–Trinajstić information content (AvgIpc) is 2.55. The van der Waals surface area contributed by atoms with Gasteiger partial charge in [-0.3, -0.25) is 0 Å². The number of benzene rings is 3. The number of hydrogen-bond donors (Lipinski definition) is 2. The average molecular weight is 302 g/mol. The van der Waals surface area contributed by atoms with Crippen molar-refractivity contribution in [2.75, 3.05) is 11.5 Å². The van der Waals surface area contributed by atoms with Gasteiger partial charge < -0.3 is 11.5 Å². The van der Waals surface area contributed by atoms with Crippen LogP contribution in [0.3, 0.4) is 0 Å². The van der Waals surface area contributed by atoms with Crippen LogP contribution in [0.25, 0.3) is 22.3 Å². The Balaban J connectivity index is 2.25. The van der Waals surface area contributed by atoms with Crippen molar-refractivity contribution in [1.29, 1.82) is 0 Å². The zero-order valence-electron chi connectivity index (χ0n) is 13.6. The fourth-order valence-corrected chi connectivity index (χ4v) is 2.93. The Bertz CT molecular complexity index is 800. The van der Waals surface area contributed by atoms with E-state index in [1.165, 1.54) is 27.8 Å². The molecule has 0 aliphatic carbocycles. The molecule has 0 aromatic heterocycles. The first-order valence-electron chi connectivity index (χ1n) is 7.91. The Kier molecular flexibility index (Phi) is 4.07. The third-order valence-corrected chi connectivity index (χ3v) is 4.14. The molecule has 0 unspecified atom stereocenters. The lowest BCUT2D eigenvalue weighted by molar-refractivity contribution is 0.869. The van der Waals surface area contributed by atoms with E-state index < -0.39 is 0 Å². The highest BCUT2D eigenvalue weighted by atomic mass is 14.5. The van der Waals surface area contributed by atoms with Crippen LogP contribution >= 0.6 is 0 Å². The fourth-order valence-electron chi connectivity index (χ4n) is 2.93. The van der Waals surface area contributed by atoms with Crippen molar-refractivity contribution in [2.45, 2.75) is 19.8 Å². The maximum absolute atomic E-state index is 5.85. The molecule has 0 saturated carbocycles. The van der Waals surface area contributed by atoms with Gasteiger partial charge in [0.1, 0.15) is 0 Å². The molecule has 3 aromatic rings. The summed E-state index contributed by atoms with van der Waals surface area (Å²) in [4.78, 5) is 0. The lowest BCUT2D eigenvalue weighted by Gasteiger charge is -2.18. The summed E-state index contributed by atoms with van der Waals surface area (Å²) in [5.41, 5.74) is 19.4. The van der Waals surface area contributed by atoms with E-state index in [2.05, 4.69) is 56.3 Å². The SMILES string of the molecule is CC(C)c1cccc(-c2ccc(N)cc2)c1-c1ccc(N)cc1. The molecule has 4 N–H and O–H groups in total. The van der Waals surface area contributed by atoms with Crippen LogP contribution in [0.5, 0.6) is 0 Å². The second-order valence-electron chi connectivity index (χ2n) is 6.17. The Hall–Kier alpha value is -2.74. The van der Waals surface area contributed by atoms with Gasteiger partial charge in [0.2, 0.25) is 0 Å². The standard InChI is InChI=1S/C21H22N2/c1-14(2)19-4-3-5-20(15-6-10-17(22)11-7-15)21(19)16-8-12-18(23)13-9-16/h3-14H,22-23H2,1-2H3. The summed E-state index contributed by atoms with van der Waals surface area (Å²) >= 11 is 0. The van der Waals surface area contributed by atoms with Crippen LogP contribution < -0.4 is 11.5 Å². The van der Waals surface area contributed by atoms with Crippen LogP contribution in [0.4, 0.5) is 11.4 Å². The zero-order valence-corrected chi connectivity index (χ0v) is 13.6. The van der Waals surface area contributed by atoms with Gasteiger partial charge in [-0.15, -0.1) is 0 Å². The van der Waals surface area contributed by atoms with Gasteiger partial charge in [0, 0.05) is 11.4 Å². The molecule has 23 heavy (non-hydrogen) atoms. The van der Waals surface area contributed by atoms with Crippen LogP contribution in [0.15, 0.2) is 66.7 Å². The van der Waals surface area contributed by atoms with Crippen LogP contribution in [0.2, 0.25) is 0 Å². The van der Waals surface area contributed by atoms with Crippen LogP contribution in [0, 0.1) is 0 Å². The fraction of sp³-hybridized carbons (Fsp3) is 0.143. The zero-order chi connectivity index (χ0) is 16.4. The Morgan fingerprint density at radius 1 is 0.652 bits per heavy atom. The second-order valence-corrected chi connectivity index (χ2v) is 6.17. The van der Waals surface area contributed by atoms with Crippen molar-refractivity contribution in [2.24, 2.45) is 0 Å². The van der Waals surface area contributed by atoms with Gasteiger partial charge in [-0.1, -0.05) is 56.3 Å². The predicted molar refractivity (Wildman–Crippen MR) is 100 cm³/mol. The minimum Gasteiger partial charge on any atom is -0.399 e. The molecule has 0 spiro atoms. The lowest BCUT2D eigenvalue weighted by atomic mass is 9.86. The van der Waals surface area contributed by atoms with E-state index in [4.69, 9.17) is 11.5 Å². The highest BCUT2D eigenvalue weighted by Crippen LogP contribution is 2.38. The Morgan fingerprint density at radius 2 is 1.17 bits per heavy atom. The molecule has 0 aliphatic heterocycles. The number of nitrogens with two attached hydrogens (primary N) is 2. The highest BCUT2D eigenvalue weighted by Gasteiger charge is 2.14. The Labute approximate surface area is 137 Å². The largest absolute Gasteiger partial charge is 0.399 e. The summed E-state index contributed by atoms with van der Waals surface area (Å²) < 4.78 is 0. The normalized spacial score (nSPS) is 10.9. The minimum atomic E-state index is 0.441. The number of rotatable bonds is 3. The molecule has 0 bridgehead atoms. The van der Waals surface area contributed by atoms with Gasteiger partial charge in [-0.25, -0.2) is 0 Å². The third kappa shape index (κ3) is 3.07. The van der Waals surface area contributed by atoms with E-state index >= 15 is 0 Å². The van der Waals surface area contributed by atoms with Gasteiger partial charge >= 0.3 is 0 Å². The molecule has 0 atom stereocenters. The van der Waals surface area contributed by atoms with E-state index in [1.54, 1.807) is 0 Å². The van der Waals surface area contributed by atoms with Gasteiger partial charge in [0.15, 0.2) is 0 Å². The van der Waals surface area contributed by atoms with Crippen molar-refractivity contribution in [3.05, 3.63) is 72.3 Å². The second kappa shape index (κ2) is 6.17. The molecule has 3 aromatic carbocycles. The maximum Gasteiger partial charge on any atom is 0.0314 e. The smallest absolute Gasteiger partial charge is 0.0314 e. The molecule has 0 saturated heterocycles. The lowest BCUT2D eigenvalue weighted by Crippen LogP contribution is -1.96. The van der Waals surface area contributed by atoms with Crippen LogP contribution in [0.1, 0.15) is 25.3 Å². The van der Waals surface area contributed by atoms with Crippen LogP contribution in [-0.4, -0.2) is 0 Å². The van der Waals surface area contributed by atoms with Crippen molar-refractivity contribution >= 4 is 11.4 Å². The summed E-state index contributed by atoms with van der Waals surface area (Å²) in [6, 6.07) is 22.7. The quantitative estimate of drug-likeness (QED) is 0.644. The molecular formula is C21H22N2. The summed E-state index contributed by atoms with van der Waals surface area (Å²) in [6.45, 7) is 4.45. The maximum atomic E-state index is 5.85. The van der Waals surface area contributed by atoms with E-state index in [0.29, 0.717) is 5.92 Å². The van der Waals surface area contributed by atoms with Crippen molar-refractivity contribution in [3.8, 4) is 22.3 Å². The van der Waals surface area contributed by atoms with Crippen molar-refractivity contribution in [3.63, 3.8) is 0 Å². The summed E-state index contributed by atoms with van der Waals surface area (Å²) in [5, 5.41) is 0. The number of hydrogen-bond acceptors (Lipinski definition) is 2. The number of anilines is 2. The van der Waals surface area contributed by atoms with Gasteiger partial charge in [0.25, 0.3) is 0 Å². The Morgan fingerprint density at radius 3 is 1.70 bits per heavy atom. The van der Waals surface area contributed by atoms with Gasteiger partial charge in [-0.2, -0.15) is 0 Å². The highest BCUT2D eigenvalue weighted by molar-refractivity contribution is 5.86. The number of nitrogen functional groups attached to an aromatic ring is 2. The molecule has 2 heteroatoms. The van der Waals surface area contributed by atoms with E-state index in [1.807, 2.05) is 24.3 Å². The van der Waals surface area contributed by atoms with E-state index in [9.17, 15) is 0 Å². The van der Waals surface area contributed by atoms with E-state index in [0.717, 1.165) is 11.4 Å². The van der Waals surface area contributed by atoms with Crippen LogP contribution in [-0.2, 0) is 0 Å². The molecule has 0 aliphatic rings. The molecule has 0 fully saturated rings. The molecule has 0 radical (unpaired) electrons. The monoisotopic (exact) mass is 302 g/mol. The van der Waals surface area contributed by atoms with Crippen molar-refractivity contribution in [1.82, 2.24) is 0 Å². The first-order valence-corrected chi connectivity index (χ1v) is 7.91. The summed E-state index contributed by atoms with van der Waals surface area (Å²) in [7, 11) is 0. The van der Waals surface area contributed by atoms with Gasteiger partial charge in [0.05, 0.1) is 0 Å².